The number of esters is 2. The number of hydrogen-bond acceptors (Lipinski definition) is 15. The molecule has 2 heterocycles. The zero-order chi connectivity index (χ0) is 48.2. The number of hydrogen-bond donors (Lipinski definition) is 7. The fourth-order valence-corrected chi connectivity index (χ4v) is 7.58. The Morgan fingerprint density at radius 1 is 0.485 bits per heavy atom. The van der Waals surface area contributed by atoms with Gasteiger partial charge in [-0.1, -0.05) is 133 Å². The van der Waals surface area contributed by atoms with Crippen LogP contribution in [0.2, 0.25) is 0 Å². The molecule has 15 heteroatoms. The minimum Gasteiger partial charge on any atom is -0.462 e. The lowest BCUT2D eigenvalue weighted by molar-refractivity contribution is -0.332. The van der Waals surface area contributed by atoms with E-state index in [9.17, 15) is 45.3 Å². The van der Waals surface area contributed by atoms with Crippen molar-refractivity contribution in [2.75, 3.05) is 26.4 Å². The number of carbonyl (C=O) groups is 2. The summed E-state index contributed by atoms with van der Waals surface area (Å²) in [4.78, 5) is 25.7. The molecule has 0 aliphatic carbocycles. The predicted octanol–water partition coefficient (Wildman–Crippen LogP) is 6.71. The molecule has 0 bridgehead atoms. The zero-order valence-corrected chi connectivity index (χ0v) is 40.2. The van der Waals surface area contributed by atoms with E-state index in [4.69, 9.17) is 28.4 Å². The first-order chi connectivity index (χ1) is 32.0. The molecule has 66 heavy (non-hydrogen) atoms. The Bertz CT molecular complexity index is 1340. The van der Waals surface area contributed by atoms with Crippen molar-refractivity contribution in [3.8, 4) is 0 Å². The van der Waals surface area contributed by atoms with E-state index < -0.39 is 99.3 Å². The quantitative estimate of drug-likeness (QED) is 0.0194. The first-order valence-corrected chi connectivity index (χ1v) is 25.2. The number of aliphatic hydroxyl groups is 7. The molecule has 7 N–H and O–H groups in total. The van der Waals surface area contributed by atoms with Crippen LogP contribution in [-0.2, 0) is 38.0 Å². The highest BCUT2D eigenvalue weighted by molar-refractivity contribution is 5.70. The normalized spacial score (nSPS) is 26.6. The van der Waals surface area contributed by atoms with Gasteiger partial charge in [-0.2, -0.15) is 0 Å². The van der Waals surface area contributed by atoms with E-state index in [2.05, 4.69) is 62.5 Å². The van der Waals surface area contributed by atoms with Gasteiger partial charge in [-0.3, -0.25) is 9.59 Å². The predicted molar refractivity (Wildman–Crippen MR) is 252 cm³/mol. The molecule has 0 aromatic heterocycles. The second-order valence-electron chi connectivity index (χ2n) is 17.6. The molecule has 0 saturated carbocycles. The molecule has 2 fully saturated rings. The van der Waals surface area contributed by atoms with Crippen LogP contribution < -0.4 is 0 Å². The number of unbranched alkanes of at least 4 members (excludes halogenated alkanes) is 16. The largest absolute Gasteiger partial charge is 0.462 e. The van der Waals surface area contributed by atoms with Crippen LogP contribution in [0.25, 0.3) is 0 Å². The fourth-order valence-electron chi connectivity index (χ4n) is 7.58. The molecule has 2 aliphatic rings. The van der Waals surface area contributed by atoms with E-state index in [1.165, 1.54) is 19.3 Å². The maximum atomic E-state index is 13.0. The number of aliphatic hydroxyl groups excluding tert-OH is 7. The van der Waals surface area contributed by atoms with E-state index in [1.54, 1.807) is 0 Å². The van der Waals surface area contributed by atoms with Crippen LogP contribution in [0.3, 0.4) is 0 Å². The first kappa shape index (κ1) is 59.6. The Hall–Kier alpha value is -2.54. The summed E-state index contributed by atoms with van der Waals surface area (Å²) in [5.74, 6) is -0.953. The standard InChI is InChI=1S/C51H88O15/c1-3-5-7-9-11-13-15-17-18-19-20-22-24-26-28-30-32-34-43(54)64-39(36-61-42(53)33-31-29-27-25-23-21-16-14-12-10-8-6-4-2)37-62-50-49(60)47(58)45(56)41(66-50)38-63-51-48(59)46(57)44(55)40(35-52)65-51/h8,10-11,13-14,16-18,39-41,44-52,55-60H,3-7,9,12,15,19-38H2,1-2H3/b10-8-,13-11-,16-14-,18-17-. The SMILES string of the molecule is CCC/C=C\C/C=C\CCCCCCCC(=O)OCC(COC1OC(COC2OC(CO)C(O)C(O)C2O)C(O)C(O)C1O)OC(=O)CCCCCCCCC/C=C\C/C=C\CCCCC. The lowest BCUT2D eigenvalue weighted by Gasteiger charge is -2.42. The van der Waals surface area contributed by atoms with E-state index >= 15 is 0 Å². The van der Waals surface area contributed by atoms with Crippen LogP contribution in [0.5, 0.6) is 0 Å². The molecule has 11 atom stereocenters. The van der Waals surface area contributed by atoms with Crippen LogP contribution in [0, 0.1) is 0 Å². The first-order valence-electron chi connectivity index (χ1n) is 25.2. The van der Waals surface area contributed by atoms with Crippen LogP contribution in [-0.4, -0.2) is 142 Å². The van der Waals surface area contributed by atoms with Crippen molar-refractivity contribution in [1.29, 1.82) is 0 Å². The van der Waals surface area contributed by atoms with Gasteiger partial charge < -0.3 is 64.2 Å². The van der Waals surface area contributed by atoms with Crippen molar-refractivity contribution < 1.29 is 73.8 Å². The number of allylic oxidation sites excluding steroid dienone is 8. The summed E-state index contributed by atoms with van der Waals surface area (Å²) >= 11 is 0. The number of ether oxygens (including phenoxy) is 6. The van der Waals surface area contributed by atoms with Crippen molar-refractivity contribution in [1.82, 2.24) is 0 Å². The highest BCUT2D eigenvalue weighted by Gasteiger charge is 2.47. The van der Waals surface area contributed by atoms with Gasteiger partial charge in [-0.25, -0.2) is 0 Å². The average molecular weight is 941 g/mol. The second kappa shape index (κ2) is 38.3. The summed E-state index contributed by atoms with van der Waals surface area (Å²) in [6.45, 7) is 2.46. The molecule has 2 aliphatic heterocycles. The lowest BCUT2D eigenvalue weighted by Crippen LogP contribution is -2.61. The molecule has 2 rings (SSSR count). The van der Waals surface area contributed by atoms with Gasteiger partial charge in [0.15, 0.2) is 18.7 Å². The van der Waals surface area contributed by atoms with Gasteiger partial charge in [0.25, 0.3) is 0 Å². The summed E-state index contributed by atoms with van der Waals surface area (Å²) in [6.07, 6.45) is 24.2. The molecule has 382 valence electrons. The van der Waals surface area contributed by atoms with E-state index in [0.29, 0.717) is 12.8 Å². The summed E-state index contributed by atoms with van der Waals surface area (Å²) in [6, 6.07) is 0. The third kappa shape index (κ3) is 26.3. The molecule has 2 saturated heterocycles. The highest BCUT2D eigenvalue weighted by atomic mass is 16.7. The van der Waals surface area contributed by atoms with E-state index in [1.807, 2.05) is 0 Å². The van der Waals surface area contributed by atoms with Crippen LogP contribution in [0.15, 0.2) is 48.6 Å². The van der Waals surface area contributed by atoms with E-state index in [0.717, 1.165) is 109 Å². The van der Waals surface area contributed by atoms with Crippen LogP contribution in [0.4, 0.5) is 0 Å². The Labute approximate surface area is 395 Å². The molecular formula is C51H88O15. The Morgan fingerprint density at radius 2 is 0.939 bits per heavy atom. The molecule has 0 amide bonds. The van der Waals surface area contributed by atoms with Gasteiger partial charge in [-0.05, 0) is 70.6 Å². The molecule has 11 unspecified atom stereocenters. The fraction of sp³-hybridized carbons (Fsp3) is 0.804. The number of rotatable bonds is 38. The van der Waals surface area contributed by atoms with Crippen molar-refractivity contribution in [2.24, 2.45) is 0 Å². The van der Waals surface area contributed by atoms with Crippen molar-refractivity contribution >= 4 is 11.9 Å². The topological polar surface area (TPSA) is 231 Å². The summed E-state index contributed by atoms with van der Waals surface area (Å²) in [7, 11) is 0. The Kier molecular flexibility index (Phi) is 34.6. The van der Waals surface area contributed by atoms with Gasteiger partial charge in [-0.15, -0.1) is 0 Å². The van der Waals surface area contributed by atoms with Crippen LogP contribution >= 0.6 is 0 Å². The molecule has 0 spiro atoms. The van der Waals surface area contributed by atoms with E-state index in [-0.39, 0.29) is 19.4 Å². The highest BCUT2D eigenvalue weighted by Crippen LogP contribution is 2.26. The molecular weight excluding hydrogens is 853 g/mol. The Balaban J connectivity index is 1.83. The molecule has 0 aromatic rings. The smallest absolute Gasteiger partial charge is 0.306 e. The third-order valence-corrected chi connectivity index (χ3v) is 11.8. The minimum absolute atomic E-state index is 0.152. The van der Waals surface area contributed by atoms with Gasteiger partial charge in [0, 0.05) is 12.8 Å². The maximum Gasteiger partial charge on any atom is 0.306 e. The van der Waals surface area contributed by atoms with Gasteiger partial charge in [0.2, 0.25) is 0 Å². The number of carbonyl (C=O) groups excluding carboxylic acids is 2. The Morgan fingerprint density at radius 3 is 1.47 bits per heavy atom. The monoisotopic (exact) mass is 941 g/mol. The van der Waals surface area contributed by atoms with Crippen molar-refractivity contribution in [3.63, 3.8) is 0 Å². The molecule has 0 radical (unpaired) electrons. The molecule has 0 aromatic carbocycles. The van der Waals surface area contributed by atoms with Gasteiger partial charge in [0.1, 0.15) is 55.4 Å². The van der Waals surface area contributed by atoms with Gasteiger partial charge >= 0.3 is 11.9 Å². The minimum atomic E-state index is -1.77. The summed E-state index contributed by atoms with van der Waals surface area (Å²) in [5.41, 5.74) is 0. The third-order valence-electron chi connectivity index (χ3n) is 11.8. The lowest BCUT2D eigenvalue weighted by atomic mass is 9.98. The van der Waals surface area contributed by atoms with Crippen LogP contribution in [0.1, 0.15) is 168 Å². The van der Waals surface area contributed by atoms with Crippen molar-refractivity contribution in [3.05, 3.63) is 48.6 Å². The van der Waals surface area contributed by atoms with Crippen molar-refractivity contribution in [2.45, 2.75) is 235 Å². The summed E-state index contributed by atoms with van der Waals surface area (Å²) in [5, 5.41) is 72.0. The zero-order valence-electron chi connectivity index (χ0n) is 40.2. The second-order valence-corrected chi connectivity index (χ2v) is 17.6. The molecule has 15 nitrogen and oxygen atoms in total. The van der Waals surface area contributed by atoms with Gasteiger partial charge in [0.05, 0.1) is 19.8 Å². The maximum absolute atomic E-state index is 13.0. The average Bonchev–Trinajstić information content (AvgIpc) is 3.31. The summed E-state index contributed by atoms with van der Waals surface area (Å²) < 4.78 is 33.5.